The number of nitrogens with one attached hydrogen (secondary N) is 1. The summed E-state index contributed by atoms with van der Waals surface area (Å²) < 4.78 is 0. The number of aromatic nitrogens is 1. The van der Waals surface area contributed by atoms with Crippen LogP contribution in [0.4, 0.5) is 0 Å². The zero-order valence-corrected chi connectivity index (χ0v) is 13.7. The van der Waals surface area contributed by atoms with Crippen LogP contribution in [0, 0.1) is 0 Å². The predicted molar refractivity (Wildman–Crippen MR) is 84.2 cm³/mol. The maximum Gasteiger partial charge on any atom is 0.254 e. The minimum atomic E-state index is -0.315. The number of hydrogen-bond acceptors (Lipinski definition) is 4. The molecule has 1 heterocycles. The molecule has 0 radical (unpaired) electrons. The monoisotopic (exact) mass is 314 g/mol. The van der Waals surface area contributed by atoms with Crippen LogP contribution >= 0.6 is 12.4 Å². The molecule has 1 rings (SSSR count). The molecule has 0 aliphatic heterocycles. The van der Waals surface area contributed by atoms with Crippen LogP contribution in [0.5, 0.6) is 0 Å². The normalized spacial score (nSPS) is 10.5. The Hall–Kier alpha value is -1.66. The molecule has 1 aromatic rings. The van der Waals surface area contributed by atoms with Crippen molar-refractivity contribution in [2.75, 3.05) is 13.6 Å². The van der Waals surface area contributed by atoms with Crippen LogP contribution in [-0.4, -0.2) is 40.8 Å². The van der Waals surface area contributed by atoms with Crippen LogP contribution in [0.15, 0.2) is 18.3 Å². The van der Waals surface area contributed by atoms with Crippen molar-refractivity contribution >= 4 is 24.2 Å². The first-order valence-corrected chi connectivity index (χ1v) is 6.44. The van der Waals surface area contributed by atoms with Gasteiger partial charge in [0.15, 0.2) is 0 Å². The van der Waals surface area contributed by atoms with E-state index in [2.05, 4.69) is 10.3 Å². The van der Waals surface area contributed by atoms with Crippen LogP contribution in [0.25, 0.3) is 0 Å². The smallest absolute Gasteiger partial charge is 0.254 e. The van der Waals surface area contributed by atoms with E-state index in [1.807, 2.05) is 20.8 Å². The summed E-state index contributed by atoms with van der Waals surface area (Å²) in [6.45, 7) is 5.96. The lowest BCUT2D eigenvalue weighted by molar-refractivity contribution is -0.122. The Morgan fingerprint density at radius 3 is 2.52 bits per heavy atom. The Morgan fingerprint density at radius 2 is 2.00 bits per heavy atom. The number of nitrogens with zero attached hydrogens (tertiary/aromatic N) is 2. The Bertz CT molecular complexity index is 500. The van der Waals surface area contributed by atoms with Crippen molar-refractivity contribution in [3.8, 4) is 0 Å². The Morgan fingerprint density at radius 1 is 1.38 bits per heavy atom. The third-order valence-corrected chi connectivity index (χ3v) is 2.51. The minimum Gasteiger partial charge on any atom is -0.350 e. The maximum atomic E-state index is 12.2. The molecule has 0 saturated heterocycles. The molecule has 0 aliphatic carbocycles. The lowest BCUT2D eigenvalue weighted by atomic mass is 10.1. The maximum absolute atomic E-state index is 12.2. The standard InChI is InChI=1S/C14H22N4O2.ClH/c1-14(2,3)17-12(19)9-18(4)13(20)10-5-6-16-11(7-10)8-15;/h5-7H,8-9,15H2,1-4H3,(H,17,19);1H. The third-order valence-electron chi connectivity index (χ3n) is 2.51. The van der Waals surface area contributed by atoms with Gasteiger partial charge in [-0.1, -0.05) is 0 Å². The number of pyridine rings is 1. The van der Waals surface area contributed by atoms with Crippen molar-refractivity contribution in [2.45, 2.75) is 32.9 Å². The lowest BCUT2D eigenvalue weighted by Gasteiger charge is -2.23. The number of carbonyl (C=O) groups is 2. The summed E-state index contributed by atoms with van der Waals surface area (Å²) in [4.78, 5) is 29.4. The SMILES string of the molecule is CN(CC(=O)NC(C)(C)C)C(=O)c1ccnc(CN)c1.Cl. The summed E-state index contributed by atoms with van der Waals surface area (Å²) in [5.74, 6) is -0.424. The molecule has 118 valence electrons. The van der Waals surface area contributed by atoms with E-state index >= 15 is 0 Å². The molecule has 0 unspecified atom stereocenters. The van der Waals surface area contributed by atoms with Crippen LogP contribution in [-0.2, 0) is 11.3 Å². The fourth-order valence-electron chi connectivity index (χ4n) is 1.69. The lowest BCUT2D eigenvalue weighted by Crippen LogP contribution is -2.46. The first kappa shape index (κ1) is 19.3. The molecule has 1 aromatic heterocycles. The number of halogens is 1. The van der Waals surface area contributed by atoms with E-state index in [1.54, 1.807) is 25.4 Å². The molecule has 21 heavy (non-hydrogen) atoms. The second kappa shape index (κ2) is 7.95. The van der Waals surface area contributed by atoms with E-state index in [9.17, 15) is 9.59 Å². The molecule has 0 aromatic carbocycles. The molecule has 3 N–H and O–H groups in total. The molecule has 0 atom stereocenters. The molecule has 7 heteroatoms. The Labute approximate surface area is 131 Å². The summed E-state index contributed by atoms with van der Waals surface area (Å²) in [6, 6.07) is 3.25. The fraction of sp³-hybridized carbons (Fsp3) is 0.500. The molecule has 0 saturated carbocycles. The molecule has 0 aliphatic rings. The van der Waals surface area contributed by atoms with Gasteiger partial charge in [0.2, 0.25) is 5.91 Å². The number of carbonyl (C=O) groups excluding carboxylic acids is 2. The predicted octanol–water partition coefficient (Wildman–Crippen LogP) is 0.949. The van der Waals surface area contributed by atoms with Gasteiger partial charge in [-0.05, 0) is 32.9 Å². The topological polar surface area (TPSA) is 88.3 Å². The average Bonchev–Trinajstić information content (AvgIpc) is 2.35. The molecule has 6 nitrogen and oxygen atoms in total. The van der Waals surface area contributed by atoms with Gasteiger partial charge in [-0.2, -0.15) is 0 Å². The van der Waals surface area contributed by atoms with Crippen LogP contribution in [0.3, 0.4) is 0 Å². The Kier molecular flexibility index (Phi) is 7.32. The zero-order valence-electron chi connectivity index (χ0n) is 12.8. The average molecular weight is 315 g/mol. The van der Waals surface area contributed by atoms with Crippen LogP contribution in [0.2, 0.25) is 0 Å². The van der Waals surface area contributed by atoms with E-state index in [-0.39, 0.29) is 42.8 Å². The van der Waals surface area contributed by atoms with Crippen molar-refractivity contribution in [2.24, 2.45) is 5.73 Å². The quantitative estimate of drug-likeness (QED) is 0.866. The van der Waals surface area contributed by atoms with Gasteiger partial charge in [-0.25, -0.2) is 0 Å². The summed E-state index contributed by atoms with van der Waals surface area (Å²) in [5, 5.41) is 2.81. The highest BCUT2D eigenvalue weighted by Gasteiger charge is 2.18. The van der Waals surface area contributed by atoms with Gasteiger partial charge in [0.1, 0.15) is 0 Å². The summed E-state index contributed by atoms with van der Waals surface area (Å²) in [6.07, 6.45) is 1.54. The highest BCUT2D eigenvalue weighted by atomic mass is 35.5. The molecule has 0 fully saturated rings. The van der Waals surface area contributed by atoms with Gasteiger partial charge in [-0.15, -0.1) is 12.4 Å². The van der Waals surface area contributed by atoms with Crippen molar-refractivity contribution in [3.63, 3.8) is 0 Å². The van der Waals surface area contributed by atoms with Crippen molar-refractivity contribution in [1.29, 1.82) is 0 Å². The largest absolute Gasteiger partial charge is 0.350 e. The number of rotatable bonds is 4. The third kappa shape index (κ3) is 6.55. The van der Waals surface area contributed by atoms with E-state index < -0.39 is 0 Å². The molecule has 0 spiro atoms. The van der Waals surface area contributed by atoms with Gasteiger partial charge < -0.3 is 16.0 Å². The molecule has 0 bridgehead atoms. The van der Waals surface area contributed by atoms with Crippen molar-refractivity contribution in [3.05, 3.63) is 29.6 Å². The van der Waals surface area contributed by atoms with Gasteiger partial charge in [0.05, 0.1) is 12.2 Å². The van der Waals surface area contributed by atoms with Crippen molar-refractivity contribution in [1.82, 2.24) is 15.2 Å². The fourth-order valence-corrected chi connectivity index (χ4v) is 1.69. The molecule has 2 amide bonds. The van der Waals surface area contributed by atoms with E-state index in [0.29, 0.717) is 11.3 Å². The van der Waals surface area contributed by atoms with Gasteiger partial charge in [0, 0.05) is 30.9 Å². The van der Waals surface area contributed by atoms with Gasteiger partial charge >= 0.3 is 0 Å². The summed E-state index contributed by atoms with van der Waals surface area (Å²) >= 11 is 0. The molecular formula is C14H23ClN4O2. The highest BCUT2D eigenvalue weighted by Crippen LogP contribution is 2.05. The summed E-state index contributed by atoms with van der Waals surface area (Å²) in [5.41, 5.74) is 6.30. The Balaban J connectivity index is 0.00000400. The van der Waals surface area contributed by atoms with E-state index in [1.165, 1.54) is 4.90 Å². The second-order valence-electron chi connectivity index (χ2n) is 5.70. The highest BCUT2D eigenvalue weighted by molar-refractivity contribution is 5.96. The minimum absolute atomic E-state index is 0. The van der Waals surface area contributed by atoms with Gasteiger partial charge in [0.25, 0.3) is 5.91 Å². The van der Waals surface area contributed by atoms with Crippen LogP contribution < -0.4 is 11.1 Å². The van der Waals surface area contributed by atoms with Crippen molar-refractivity contribution < 1.29 is 9.59 Å². The number of hydrogen-bond donors (Lipinski definition) is 2. The zero-order chi connectivity index (χ0) is 15.3. The van der Waals surface area contributed by atoms with Gasteiger partial charge in [-0.3, -0.25) is 14.6 Å². The number of amides is 2. The number of nitrogens with two attached hydrogens (primary N) is 1. The van der Waals surface area contributed by atoms with E-state index in [4.69, 9.17) is 5.73 Å². The summed E-state index contributed by atoms with van der Waals surface area (Å²) in [7, 11) is 1.59. The van der Waals surface area contributed by atoms with Crippen LogP contribution in [0.1, 0.15) is 36.8 Å². The second-order valence-corrected chi connectivity index (χ2v) is 5.70. The molecular weight excluding hydrogens is 292 g/mol. The van der Waals surface area contributed by atoms with E-state index in [0.717, 1.165) is 0 Å². The first-order chi connectivity index (χ1) is 9.23. The number of likely N-dealkylation sites (N-methyl/N-ethyl adjacent to an activating group) is 1. The first-order valence-electron chi connectivity index (χ1n) is 6.44.